The van der Waals surface area contributed by atoms with Crippen molar-refractivity contribution in [2.24, 2.45) is 10.9 Å². The topological polar surface area (TPSA) is 41.5 Å². The van der Waals surface area contributed by atoms with E-state index >= 15 is 0 Å². The van der Waals surface area contributed by atoms with Crippen LogP contribution < -0.4 is 5.32 Å². The van der Waals surface area contributed by atoms with E-state index in [1.165, 1.54) is 0 Å². The third kappa shape index (κ3) is 3.87. The Kier molecular flexibility index (Phi) is 5.04. The van der Waals surface area contributed by atoms with Gasteiger partial charge in [-0.1, -0.05) is 27.4 Å². The smallest absolute Gasteiger partial charge is 0.265 e. The van der Waals surface area contributed by atoms with Crippen molar-refractivity contribution in [1.29, 1.82) is 0 Å². The summed E-state index contributed by atoms with van der Waals surface area (Å²) in [4.78, 5) is 15.5. The molecule has 0 aromatic rings. The third-order valence-corrected chi connectivity index (χ3v) is 1.69. The number of allylic oxidation sites excluding steroid dienone is 1. The number of nitrogens with one attached hydrogen (secondary N) is 1. The average molecular weight is 182 g/mol. The van der Waals surface area contributed by atoms with Crippen molar-refractivity contribution in [3.05, 3.63) is 12.3 Å². The third-order valence-electron chi connectivity index (χ3n) is 1.69. The number of hydrogen-bond acceptors (Lipinski definition) is 2. The SMILES string of the molecule is C=C(CC)/N=C(\C(=O)NC)C(C)C. The van der Waals surface area contributed by atoms with Crippen LogP contribution in [0, 0.1) is 5.92 Å². The van der Waals surface area contributed by atoms with E-state index in [2.05, 4.69) is 16.9 Å². The molecule has 0 saturated heterocycles. The van der Waals surface area contributed by atoms with Gasteiger partial charge in [0.05, 0.1) is 0 Å². The lowest BCUT2D eigenvalue weighted by Crippen LogP contribution is -2.31. The maximum Gasteiger partial charge on any atom is 0.265 e. The monoisotopic (exact) mass is 182 g/mol. The van der Waals surface area contributed by atoms with E-state index in [9.17, 15) is 4.79 Å². The van der Waals surface area contributed by atoms with Crippen molar-refractivity contribution in [1.82, 2.24) is 5.32 Å². The molecular formula is C10H18N2O. The standard InChI is InChI=1S/C10H18N2O/c1-6-8(4)12-9(7(2)3)10(13)11-5/h7H,4,6H2,1-3,5H3,(H,11,13)/b12-9-. The Labute approximate surface area is 79.9 Å². The first-order valence-corrected chi connectivity index (χ1v) is 4.51. The summed E-state index contributed by atoms with van der Waals surface area (Å²) in [6, 6.07) is 0. The molecule has 0 aliphatic heterocycles. The first-order valence-electron chi connectivity index (χ1n) is 4.51. The van der Waals surface area contributed by atoms with Crippen LogP contribution in [-0.2, 0) is 4.79 Å². The van der Waals surface area contributed by atoms with Gasteiger partial charge in [-0.3, -0.25) is 9.79 Å². The number of hydrogen-bond donors (Lipinski definition) is 1. The molecule has 0 saturated carbocycles. The Morgan fingerprint density at radius 3 is 2.38 bits per heavy atom. The average Bonchev–Trinajstić information content (AvgIpc) is 2.11. The van der Waals surface area contributed by atoms with Crippen LogP contribution in [0.15, 0.2) is 17.3 Å². The maximum absolute atomic E-state index is 11.3. The Balaban J connectivity index is 4.70. The highest BCUT2D eigenvalue weighted by Gasteiger charge is 2.13. The number of carbonyl (C=O) groups is 1. The second-order valence-corrected chi connectivity index (χ2v) is 3.15. The predicted octanol–water partition coefficient (Wildman–Crippen LogP) is 1.75. The number of rotatable bonds is 4. The van der Waals surface area contributed by atoms with E-state index in [0.29, 0.717) is 5.71 Å². The van der Waals surface area contributed by atoms with Crippen LogP contribution >= 0.6 is 0 Å². The van der Waals surface area contributed by atoms with E-state index in [1.54, 1.807) is 7.05 Å². The Morgan fingerprint density at radius 1 is 1.54 bits per heavy atom. The number of carbonyl (C=O) groups excluding carboxylic acids is 1. The van der Waals surface area contributed by atoms with Crippen molar-refractivity contribution < 1.29 is 4.79 Å². The fourth-order valence-corrected chi connectivity index (χ4v) is 0.820. The van der Waals surface area contributed by atoms with E-state index in [-0.39, 0.29) is 11.8 Å². The molecule has 0 bridgehead atoms. The van der Waals surface area contributed by atoms with Crippen LogP contribution in [0.1, 0.15) is 27.2 Å². The highest BCUT2D eigenvalue weighted by Crippen LogP contribution is 2.04. The van der Waals surface area contributed by atoms with Gasteiger partial charge in [-0.2, -0.15) is 0 Å². The van der Waals surface area contributed by atoms with Gasteiger partial charge < -0.3 is 5.32 Å². The first kappa shape index (κ1) is 11.9. The maximum atomic E-state index is 11.3. The van der Waals surface area contributed by atoms with Crippen molar-refractivity contribution in [2.45, 2.75) is 27.2 Å². The van der Waals surface area contributed by atoms with E-state index in [1.807, 2.05) is 20.8 Å². The summed E-state index contributed by atoms with van der Waals surface area (Å²) in [5, 5.41) is 2.57. The van der Waals surface area contributed by atoms with Crippen molar-refractivity contribution in [3.8, 4) is 0 Å². The second kappa shape index (κ2) is 5.51. The van der Waals surface area contributed by atoms with Gasteiger partial charge in [-0.15, -0.1) is 0 Å². The van der Waals surface area contributed by atoms with Gasteiger partial charge in [-0.25, -0.2) is 0 Å². The first-order chi connectivity index (χ1) is 6.02. The van der Waals surface area contributed by atoms with Crippen molar-refractivity contribution in [3.63, 3.8) is 0 Å². The Bertz CT molecular complexity index is 229. The van der Waals surface area contributed by atoms with Crippen LogP contribution in [-0.4, -0.2) is 18.7 Å². The van der Waals surface area contributed by atoms with E-state index in [4.69, 9.17) is 0 Å². The highest BCUT2D eigenvalue weighted by molar-refractivity contribution is 6.39. The largest absolute Gasteiger partial charge is 0.354 e. The van der Waals surface area contributed by atoms with Crippen LogP contribution in [0.2, 0.25) is 0 Å². The van der Waals surface area contributed by atoms with Crippen LogP contribution in [0.4, 0.5) is 0 Å². The molecule has 0 atom stereocenters. The molecular weight excluding hydrogens is 164 g/mol. The fourth-order valence-electron chi connectivity index (χ4n) is 0.820. The van der Waals surface area contributed by atoms with Gasteiger partial charge in [0.2, 0.25) is 0 Å². The lowest BCUT2D eigenvalue weighted by atomic mass is 10.1. The number of aliphatic imine (C=N–C) groups is 1. The molecule has 1 N–H and O–H groups in total. The fraction of sp³-hybridized carbons (Fsp3) is 0.600. The summed E-state index contributed by atoms with van der Waals surface area (Å²) >= 11 is 0. The second-order valence-electron chi connectivity index (χ2n) is 3.15. The summed E-state index contributed by atoms with van der Waals surface area (Å²) in [7, 11) is 1.61. The van der Waals surface area contributed by atoms with Gasteiger partial charge in [0.1, 0.15) is 5.71 Å². The molecule has 3 nitrogen and oxygen atoms in total. The molecule has 74 valence electrons. The molecule has 0 fully saturated rings. The van der Waals surface area contributed by atoms with Crippen LogP contribution in [0.5, 0.6) is 0 Å². The summed E-state index contributed by atoms with van der Waals surface area (Å²) < 4.78 is 0. The predicted molar refractivity (Wildman–Crippen MR) is 55.8 cm³/mol. The minimum Gasteiger partial charge on any atom is -0.354 e. The van der Waals surface area contributed by atoms with Crippen LogP contribution in [0.25, 0.3) is 0 Å². The highest BCUT2D eigenvalue weighted by atomic mass is 16.1. The molecule has 0 aromatic carbocycles. The lowest BCUT2D eigenvalue weighted by Gasteiger charge is -2.08. The molecule has 0 aliphatic rings. The van der Waals surface area contributed by atoms with Gasteiger partial charge in [-0.05, 0) is 6.42 Å². The van der Waals surface area contributed by atoms with E-state index < -0.39 is 0 Å². The summed E-state index contributed by atoms with van der Waals surface area (Å²) in [6.45, 7) is 9.59. The number of nitrogens with zero attached hydrogens (tertiary/aromatic N) is 1. The molecule has 13 heavy (non-hydrogen) atoms. The van der Waals surface area contributed by atoms with Crippen molar-refractivity contribution in [2.75, 3.05) is 7.05 Å². The Hall–Kier alpha value is -1.12. The quantitative estimate of drug-likeness (QED) is 0.661. The number of amides is 1. The van der Waals surface area contributed by atoms with Gasteiger partial charge in [0.25, 0.3) is 5.91 Å². The molecule has 0 radical (unpaired) electrons. The molecule has 1 amide bonds. The Morgan fingerprint density at radius 2 is 2.08 bits per heavy atom. The zero-order valence-corrected chi connectivity index (χ0v) is 8.85. The minimum absolute atomic E-state index is 0.121. The molecule has 3 heteroatoms. The zero-order chi connectivity index (χ0) is 10.4. The summed E-state index contributed by atoms with van der Waals surface area (Å²) in [5.41, 5.74) is 1.29. The van der Waals surface area contributed by atoms with Crippen LogP contribution in [0.3, 0.4) is 0 Å². The molecule has 0 aliphatic carbocycles. The lowest BCUT2D eigenvalue weighted by molar-refractivity contribution is -0.114. The molecule has 0 aromatic heterocycles. The molecule has 0 unspecified atom stereocenters. The van der Waals surface area contributed by atoms with Gasteiger partial charge in [0.15, 0.2) is 0 Å². The van der Waals surface area contributed by atoms with Crippen molar-refractivity contribution >= 4 is 11.6 Å². The van der Waals surface area contributed by atoms with Gasteiger partial charge >= 0.3 is 0 Å². The minimum atomic E-state index is -0.121. The molecule has 0 spiro atoms. The van der Waals surface area contributed by atoms with E-state index in [0.717, 1.165) is 12.1 Å². The zero-order valence-electron chi connectivity index (χ0n) is 8.85. The normalized spacial score (nSPS) is 11.6. The summed E-state index contributed by atoms with van der Waals surface area (Å²) in [6.07, 6.45) is 0.771. The summed E-state index contributed by atoms with van der Waals surface area (Å²) in [5.74, 6) is 0.00727. The molecule has 0 heterocycles. The van der Waals surface area contributed by atoms with Gasteiger partial charge in [0, 0.05) is 18.7 Å². The molecule has 0 rings (SSSR count).